The molecule has 0 atom stereocenters. The number of rotatable bonds is 12. The Labute approximate surface area is 250 Å². The van der Waals surface area contributed by atoms with Crippen LogP contribution in [0, 0.1) is 0 Å². The van der Waals surface area contributed by atoms with Crippen LogP contribution in [0.25, 0.3) is 21.5 Å². The third-order valence-corrected chi connectivity index (χ3v) is 7.25. The Hall–Kier alpha value is -1.92. The molecule has 0 spiro atoms. The van der Waals surface area contributed by atoms with Crippen molar-refractivity contribution in [2.45, 2.75) is 25.7 Å². The van der Waals surface area contributed by atoms with Crippen molar-refractivity contribution >= 4 is 21.5 Å². The Morgan fingerprint density at radius 3 is 1.62 bits per heavy atom. The minimum absolute atomic E-state index is 0. The van der Waals surface area contributed by atoms with Gasteiger partial charge in [-0.3, -0.25) is 6.07 Å². The van der Waals surface area contributed by atoms with E-state index in [4.69, 9.17) is 0 Å². The molecule has 4 aromatic carbocycles. The van der Waals surface area contributed by atoms with Gasteiger partial charge >= 0.3 is 0 Å². The number of fused-ring (bicyclic) bond motifs is 2. The Morgan fingerprint density at radius 2 is 1.10 bits per heavy atom. The average molecular weight is 566 g/mol. The van der Waals surface area contributed by atoms with E-state index in [9.17, 15) is 0 Å². The fourth-order valence-electron chi connectivity index (χ4n) is 5.02. The Bertz CT molecular complexity index is 1060. The molecular formula is C34H50N4V-6. The van der Waals surface area contributed by atoms with E-state index < -0.39 is 0 Å². The van der Waals surface area contributed by atoms with E-state index >= 15 is 0 Å². The molecule has 4 aromatic rings. The van der Waals surface area contributed by atoms with E-state index in [1.165, 1.54) is 43.8 Å². The van der Waals surface area contributed by atoms with Crippen molar-refractivity contribution < 1.29 is 18.6 Å². The van der Waals surface area contributed by atoms with Crippen molar-refractivity contribution in [3.63, 3.8) is 0 Å². The number of nitrogens with zero attached hydrogens (tertiary/aromatic N) is 4. The van der Waals surface area contributed by atoms with E-state index in [0.717, 1.165) is 51.9 Å². The molecule has 0 bridgehead atoms. The maximum atomic E-state index is 2.41. The Morgan fingerprint density at radius 1 is 0.615 bits per heavy atom. The van der Waals surface area contributed by atoms with E-state index in [1.807, 2.05) is 0 Å². The molecule has 0 aliphatic rings. The standard InChI is InChI=1S/2C17H25N2.V/c2*1-18(2)11-9-14-13-15(10-12-19(3)4)17-8-6-5-7-16(14)17;/h2*5-8,13H,9-12H2,1-4H3;/q-5;-1;. The smallest absolute Gasteiger partial charge is 0.000323 e. The Balaban J connectivity index is 0.000000267. The number of likely N-dealkylation sites (N-methyl/N-ethyl adjacent to an activating group) is 4. The van der Waals surface area contributed by atoms with Gasteiger partial charge in [0, 0.05) is 25.1 Å². The summed E-state index contributed by atoms with van der Waals surface area (Å²) >= 11 is 0. The molecule has 4 nitrogen and oxygen atoms in total. The monoisotopic (exact) mass is 565 g/mol. The molecule has 0 saturated heterocycles. The third kappa shape index (κ3) is 10.2. The fraction of sp³-hybridized carbons (Fsp3) is 0.471. The van der Waals surface area contributed by atoms with Crippen LogP contribution in [-0.4, -0.2) is 102 Å². The van der Waals surface area contributed by atoms with Crippen molar-refractivity contribution in [2.24, 2.45) is 0 Å². The van der Waals surface area contributed by atoms with Gasteiger partial charge < -0.3 is 53.6 Å². The minimum atomic E-state index is 0. The van der Waals surface area contributed by atoms with Gasteiger partial charge in [0.2, 0.25) is 0 Å². The first-order valence-corrected chi connectivity index (χ1v) is 14.1. The first kappa shape index (κ1) is 33.3. The van der Waals surface area contributed by atoms with Crippen LogP contribution in [0.1, 0.15) is 22.3 Å². The van der Waals surface area contributed by atoms with E-state index in [1.54, 1.807) is 0 Å². The second-order valence-corrected chi connectivity index (χ2v) is 11.7. The molecule has 0 N–H and O–H groups in total. The topological polar surface area (TPSA) is 13.0 Å². The van der Waals surface area contributed by atoms with Gasteiger partial charge in [-0.05, 0) is 88.9 Å². The summed E-state index contributed by atoms with van der Waals surface area (Å²) in [6.45, 7) is 4.45. The summed E-state index contributed by atoms with van der Waals surface area (Å²) in [7, 11) is 17.1. The van der Waals surface area contributed by atoms with Crippen LogP contribution >= 0.6 is 0 Å². The van der Waals surface area contributed by atoms with Gasteiger partial charge in [-0.1, -0.05) is 5.39 Å². The third-order valence-electron chi connectivity index (χ3n) is 7.25. The summed E-state index contributed by atoms with van der Waals surface area (Å²) in [5.41, 5.74) is 5.99. The predicted molar refractivity (Wildman–Crippen MR) is 168 cm³/mol. The first-order valence-electron chi connectivity index (χ1n) is 14.1. The number of hydrogen-bond donors (Lipinski definition) is 0. The number of hydrogen-bond acceptors (Lipinski definition) is 4. The summed E-state index contributed by atoms with van der Waals surface area (Å²) in [5, 5.41) is 5.77. The van der Waals surface area contributed by atoms with Crippen molar-refractivity contribution in [3.8, 4) is 0 Å². The van der Waals surface area contributed by atoms with Crippen LogP contribution in [0.2, 0.25) is 0 Å². The van der Waals surface area contributed by atoms with E-state index in [-0.39, 0.29) is 18.6 Å². The van der Waals surface area contributed by atoms with E-state index in [2.05, 4.69) is 137 Å². The molecule has 4 rings (SSSR count). The second kappa shape index (κ2) is 16.4. The molecule has 0 aliphatic carbocycles. The molecule has 5 heteroatoms. The summed E-state index contributed by atoms with van der Waals surface area (Å²) in [4.78, 5) is 9.01. The molecule has 0 saturated carbocycles. The average Bonchev–Trinajstić information content (AvgIpc) is 3.42. The van der Waals surface area contributed by atoms with Gasteiger partial charge in [-0.25, -0.2) is 6.07 Å². The van der Waals surface area contributed by atoms with Crippen LogP contribution in [-0.2, 0) is 44.2 Å². The summed E-state index contributed by atoms with van der Waals surface area (Å²) in [5.74, 6) is 0. The SMILES string of the molecule is CN(C)CC[c-]1[cH-][c-](CCN(C)C)[c-]2cccc[c-]12.CN(C)CCc1cc(CCN(C)C)[c-]2ccccc12.[V]. The predicted octanol–water partition coefficient (Wildman–Crippen LogP) is 5.53. The summed E-state index contributed by atoms with van der Waals surface area (Å²) < 4.78 is 0. The molecule has 0 aliphatic heterocycles. The molecule has 0 unspecified atom stereocenters. The summed E-state index contributed by atoms with van der Waals surface area (Å²) in [6.07, 6.45) is 4.54. The molecule has 0 heterocycles. The van der Waals surface area contributed by atoms with Crippen LogP contribution in [0.4, 0.5) is 0 Å². The van der Waals surface area contributed by atoms with Crippen LogP contribution in [0.15, 0.2) is 60.7 Å². The largest absolute Gasteiger partial charge is 0.790 e. The number of benzene rings is 2. The van der Waals surface area contributed by atoms with Gasteiger partial charge in [-0.15, -0.1) is 52.9 Å². The van der Waals surface area contributed by atoms with E-state index in [0.29, 0.717) is 0 Å². The van der Waals surface area contributed by atoms with Gasteiger partial charge in [0.1, 0.15) is 0 Å². The summed E-state index contributed by atoms with van der Waals surface area (Å²) in [6, 6.07) is 22.5. The quantitative estimate of drug-likeness (QED) is 0.210. The Kier molecular flexibility index (Phi) is 14.0. The van der Waals surface area contributed by atoms with Crippen molar-refractivity contribution in [2.75, 3.05) is 82.6 Å². The fourth-order valence-corrected chi connectivity index (χ4v) is 5.02. The molecule has 0 amide bonds. The zero-order valence-electron chi connectivity index (χ0n) is 25.7. The zero-order valence-corrected chi connectivity index (χ0v) is 27.1. The molecule has 1 radical (unpaired) electrons. The van der Waals surface area contributed by atoms with Crippen molar-refractivity contribution in [1.82, 2.24) is 19.6 Å². The van der Waals surface area contributed by atoms with Gasteiger partial charge in [0.05, 0.1) is 0 Å². The van der Waals surface area contributed by atoms with Crippen LogP contribution in [0.5, 0.6) is 0 Å². The second-order valence-electron chi connectivity index (χ2n) is 11.7. The maximum Gasteiger partial charge on any atom is 0.000323 e. The maximum absolute atomic E-state index is 2.41. The van der Waals surface area contributed by atoms with Crippen LogP contribution < -0.4 is 0 Å². The van der Waals surface area contributed by atoms with Gasteiger partial charge in [0.25, 0.3) is 0 Å². The molecule has 0 aromatic heterocycles. The first-order chi connectivity index (χ1) is 18.2. The molecule has 0 fully saturated rings. The van der Waals surface area contributed by atoms with Gasteiger partial charge in [-0.2, -0.15) is 12.8 Å². The van der Waals surface area contributed by atoms with Crippen molar-refractivity contribution in [1.29, 1.82) is 0 Å². The minimum Gasteiger partial charge on any atom is -0.790 e. The normalized spacial score (nSPS) is 11.6. The van der Waals surface area contributed by atoms with Crippen molar-refractivity contribution in [3.05, 3.63) is 82.9 Å². The van der Waals surface area contributed by atoms with Crippen LogP contribution in [0.3, 0.4) is 0 Å². The molecule has 39 heavy (non-hydrogen) atoms. The zero-order chi connectivity index (χ0) is 27.7. The molecular weight excluding hydrogens is 515 g/mol. The molecule has 217 valence electrons. The van der Waals surface area contributed by atoms with Gasteiger partial charge in [0.15, 0.2) is 0 Å².